The van der Waals surface area contributed by atoms with Crippen molar-refractivity contribution < 1.29 is 37.3 Å². The van der Waals surface area contributed by atoms with Crippen molar-refractivity contribution in [1.82, 2.24) is 0 Å². The summed E-state index contributed by atoms with van der Waals surface area (Å²) in [6, 6.07) is 1.71. The third-order valence-electron chi connectivity index (χ3n) is 1.73. The number of rotatable bonds is 3. The van der Waals surface area contributed by atoms with Gasteiger partial charge < -0.3 is 14.9 Å². The van der Waals surface area contributed by atoms with Gasteiger partial charge in [-0.05, 0) is 18.2 Å². The maximum atomic E-state index is 13.1. The van der Waals surface area contributed by atoms with Gasteiger partial charge in [-0.3, -0.25) is 0 Å². The molecule has 0 heterocycles. The molecule has 0 fully saturated rings. The van der Waals surface area contributed by atoms with Gasteiger partial charge >= 0.3 is 12.3 Å². The lowest BCUT2D eigenvalue weighted by molar-refractivity contribution is -0.274. The molecule has 1 aromatic rings. The first-order chi connectivity index (χ1) is 7.70. The van der Waals surface area contributed by atoms with Crippen LogP contribution in [0.25, 0.3) is 0 Å². The molecule has 17 heavy (non-hydrogen) atoms. The van der Waals surface area contributed by atoms with E-state index in [0.717, 1.165) is 0 Å². The fourth-order valence-corrected chi connectivity index (χ4v) is 1.06. The predicted octanol–water partition coefficient (Wildman–Crippen LogP) is 1.84. The lowest BCUT2D eigenvalue weighted by atomic mass is 10.1. The second-order valence-corrected chi connectivity index (χ2v) is 2.97. The number of hydrogen-bond donors (Lipinski definition) is 2. The Morgan fingerprint density at radius 2 is 1.94 bits per heavy atom. The van der Waals surface area contributed by atoms with E-state index in [1.807, 2.05) is 0 Å². The number of carboxylic acid groups (broad SMARTS) is 1. The molecule has 8 heteroatoms. The molecule has 0 aromatic heterocycles. The smallest absolute Gasteiger partial charge is 0.479 e. The molecule has 0 spiro atoms. The Labute approximate surface area is 92.1 Å². The van der Waals surface area contributed by atoms with Gasteiger partial charge in [0.25, 0.3) is 0 Å². The molecule has 94 valence electrons. The van der Waals surface area contributed by atoms with Gasteiger partial charge in [0.15, 0.2) is 6.10 Å². The predicted molar refractivity (Wildman–Crippen MR) is 45.7 cm³/mol. The van der Waals surface area contributed by atoms with Crippen LogP contribution in [-0.2, 0) is 4.79 Å². The first-order valence-corrected chi connectivity index (χ1v) is 4.17. The van der Waals surface area contributed by atoms with E-state index in [2.05, 4.69) is 4.74 Å². The standard InChI is InChI=1S/C9H6F4O4/c10-6-2-1-4(17-9(11,12)13)3-5(6)7(14)8(15)16/h1-3,7,14H,(H,15,16)/t7-/m0/s1. The summed E-state index contributed by atoms with van der Waals surface area (Å²) < 4.78 is 52.0. The van der Waals surface area contributed by atoms with E-state index in [1.165, 1.54) is 0 Å². The number of ether oxygens (including phenoxy) is 1. The van der Waals surface area contributed by atoms with Crippen LogP contribution in [0, 0.1) is 5.82 Å². The van der Waals surface area contributed by atoms with Crippen molar-refractivity contribution in [3.05, 3.63) is 29.6 Å². The number of benzene rings is 1. The van der Waals surface area contributed by atoms with Crippen molar-refractivity contribution in [3.8, 4) is 5.75 Å². The summed E-state index contributed by atoms with van der Waals surface area (Å²) >= 11 is 0. The summed E-state index contributed by atoms with van der Waals surface area (Å²) in [5.74, 6) is -3.74. The third kappa shape index (κ3) is 3.59. The molecule has 0 saturated carbocycles. The fourth-order valence-electron chi connectivity index (χ4n) is 1.06. The van der Waals surface area contributed by atoms with E-state index in [0.29, 0.717) is 18.2 Å². The van der Waals surface area contributed by atoms with Gasteiger partial charge in [-0.1, -0.05) is 0 Å². The molecule has 0 bridgehead atoms. The second-order valence-electron chi connectivity index (χ2n) is 2.97. The highest BCUT2D eigenvalue weighted by molar-refractivity contribution is 5.74. The molecule has 0 aliphatic heterocycles. The van der Waals surface area contributed by atoms with Gasteiger partial charge in [-0.15, -0.1) is 13.2 Å². The Bertz CT molecular complexity index is 429. The van der Waals surface area contributed by atoms with E-state index in [4.69, 9.17) is 10.2 Å². The molecular formula is C9H6F4O4. The summed E-state index contributed by atoms with van der Waals surface area (Å²) in [6.07, 6.45) is -7.24. The van der Waals surface area contributed by atoms with Crippen molar-refractivity contribution in [3.63, 3.8) is 0 Å². The Hall–Kier alpha value is -1.83. The van der Waals surface area contributed by atoms with Crippen LogP contribution in [0.1, 0.15) is 11.7 Å². The van der Waals surface area contributed by atoms with Crippen LogP contribution in [-0.4, -0.2) is 22.5 Å². The van der Waals surface area contributed by atoms with E-state index in [9.17, 15) is 22.4 Å². The Morgan fingerprint density at radius 1 is 1.35 bits per heavy atom. The first-order valence-electron chi connectivity index (χ1n) is 4.17. The maximum absolute atomic E-state index is 13.1. The second kappa shape index (κ2) is 4.58. The van der Waals surface area contributed by atoms with Crippen LogP contribution in [0.2, 0.25) is 0 Å². The van der Waals surface area contributed by atoms with Crippen molar-refractivity contribution >= 4 is 5.97 Å². The summed E-state index contributed by atoms with van der Waals surface area (Å²) in [7, 11) is 0. The Balaban J connectivity index is 3.06. The highest BCUT2D eigenvalue weighted by atomic mass is 19.4. The van der Waals surface area contributed by atoms with Crippen molar-refractivity contribution in [2.24, 2.45) is 0 Å². The van der Waals surface area contributed by atoms with E-state index >= 15 is 0 Å². The monoisotopic (exact) mass is 254 g/mol. The summed E-state index contributed by atoms with van der Waals surface area (Å²) in [4.78, 5) is 10.4. The van der Waals surface area contributed by atoms with Crippen molar-refractivity contribution in [2.75, 3.05) is 0 Å². The summed E-state index contributed by atoms with van der Waals surface area (Å²) in [5, 5.41) is 17.4. The van der Waals surface area contributed by atoms with Crippen LogP contribution in [0.3, 0.4) is 0 Å². The quantitative estimate of drug-likeness (QED) is 0.808. The van der Waals surface area contributed by atoms with Crippen LogP contribution in [0.15, 0.2) is 18.2 Å². The number of carboxylic acids is 1. The summed E-state index contributed by atoms with van der Waals surface area (Å²) in [6.45, 7) is 0. The van der Waals surface area contributed by atoms with Crippen LogP contribution in [0.4, 0.5) is 17.6 Å². The van der Waals surface area contributed by atoms with Crippen LogP contribution in [0.5, 0.6) is 5.75 Å². The van der Waals surface area contributed by atoms with Crippen molar-refractivity contribution in [2.45, 2.75) is 12.5 Å². The molecule has 1 atom stereocenters. The molecule has 2 N–H and O–H groups in total. The molecule has 0 aliphatic carbocycles. The average molecular weight is 254 g/mol. The largest absolute Gasteiger partial charge is 0.573 e. The SMILES string of the molecule is O=C(O)[C@@H](O)c1cc(OC(F)(F)F)ccc1F. The number of hydrogen-bond acceptors (Lipinski definition) is 3. The molecule has 1 aromatic carbocycles. The van der Waals surface area contributed by atoms with Gasteiger partial charge in [-0.25, -0.2) is 9.18 Å². The van der Waals surface area contributed by atoms with Gasteiger partial charge in [0.1, 0.15) is 11.6 Å². The molecule has 0 unspecified atom stereocenters. The first kappa shape index (κ1) is 13.2. The summed E-state index contributed by atoms with van der Waals surface area (Å²) in [5.41, 5.74) is -0.806. The molecule has 4 nitrogen and oxygen atoms in total. The Morgan fingerprint density at radius 3 is 2.41 bits per heavy atom. The lowest BCUT2D eigenvalue weighted by Crippen LogP contribution is -2.18. The highest BCUT2D eigenvalue weighted by Gasteiger charge is 2.32. The molecule has 0 saturated heterocycles. The minimum Gasteiger partial charge on any atom is -0.479 e. The van der Waals surface area contributed by atoms with Crippen LogP contribution < -0.4 is 4.74 Å². The van der Waals surface area contributed by atoms with Gasteiger partial charge in [-0.2, -0.15) is 0 Å². The zero-order valence-electron chi connectivity index (χ0n) is 8.03. The molecular weight excluding hydrogens is 248 g/mol. The molecule has 1 rings (SSSR count). The number of halogens is 4. The number of aliphatic carboxylic acids is 1. The van der Waals surface area contributed by atoms with Crippen molar-refractivity contribution in [1.29, 1.82) is 0 Å². The van der Waals surface area contributed by atoms with Gasteiger partial charge in [0.2, 0.25) is 0 Å². The van der Waals surface area contributed by atoms with Gasteiger partial charge in [0.05, 0.1) is 0 Å². The topological polar surface area (TPSA) is 66.8 Å². The minimum atomic E-state index is -4.98. The van der Waals surface area contributed by atoms with Crippen LogP contribution >= 0.6 is 0 Å². The average Bonchev–Trinajstić information content (AvgIpc) is 2.17. The molecule has 0 aliphatic rings. The maximum Gasteiger partial charge on any atom is 0.573 e. The van der Waals surface area contributed by atoms with Gasteiger partial charge in [0, 0.05) is 5.56 Å². The molecule has 0 amide bonds. The number of carbonyl (C=O) groups is 1. The zero-order valence-corrected chi connectivity index (χ0v) is 8.03. The third-order valence-corrected chi connectivity index (χ3v) is 1.73. The van der Waals surface area contributed by atoms with E-state index in [-0.39, 0.29) is 0 Å². The lowest BCUT2D eigenvalue weighted by Gasteiger charge is -2.12. The number of aliphatic hydroxyl groups is 1. The number of alkyl halides is 3. The number of aliphatic hydroxyl groups excluding tert-OH is 1. The minimum absolute atomic E-state index is 0.474. The fraction of sp³-hybridized carbons (Fsp3) is 0.222. The van der Waals surface area contributed by atoms with E-state index < -0.39 is 35.6 Å². The van der Waals surface area contributed by atoms with E-state index in [1.54, 1.807) is 0 Å². The zero-order chi connectivity index (χ0) is 13.2. The normalized spacial score (nSPS) is 13.2. The Kier molecular flexibility index (Phi) is 3.56. The highest BCUT2D eigenvalue weighted by Crippen LogP contribution is 2.27. The molecule has 0 radical (unpaired) electrons.